The van der Waals surface area contributed by atoms with Crippen LogP contribution in [0.4, 0.5) is 13.2 Å². The molecular weight excluding hydrogens is 395 g/mol. The molecule has 0 atom stereocenters. The first-order valence-electron chi connectivity index (χ1n) is 9.00. The molecule has 0 radical (unpaired) electrons. The standard InChI is InChI=1S/C21H16F3N5O/c1-13-5-3-4-6-17(13)20-28-25-14(2)29(20)15-7-9-16(10-8-15)30-19-12-11-18(26-27-19)21(22,23)24/h3-12H,1-2H3. The average Bonchev–Trinajstić information content (AvgIpc) is 3.10. The minimum absolute atomic E-state index is 0.0307. The fourth-order valence-corrected chi connectivity index (χ4v) is 2.98. The molecule has 0 bridgehead atoms. The van der Waals surface area contributed by atoms with Crippen molar-refractivity contribution in [3.05, 3.63) is 77.7 Å². The molecule has 4 rings (SSSR count). The van der Waals surface area contributed by atoms with Crippen LogP contribution >= 0.6 is 0 Å². The van der Waals surface area contributed by atoms with Gasteiger partial charge < -0.3 is 4.74 Å². The zero-order chi connectivity index (χ0) is 21.3. The molecule has 0 unspecified atom stereocenters. The van der Waals surface area contributed by atoms with Gasteiger partial charge in [-0.3, -0.25) is 4.57 Å². The molecule has 0 N–H and O–H groups in total. The Morgan fingerprint density at radius 2 is 1.53 bits per heavy atom. The molecular formula is C21H16F3N5O. The lowest BCUT2D eigenvalue weighted by Crippen LogP contribution is -2.08. The molecule has 0 saturated heterocycles. The SMILES string of the molecule is Cc1ccccc1-c1nnc(C)n1-c1ccc(Oc2ccc(C(F)(F)F)nn2)cc1. The molecule has 0 aliphatic rings. The number of aromatic nitrogens is 5. The molecule has 2 heterocycles. The van der Waals surface area contributed by atoms with Crippen LogP contribution in [0.25, 0.3) is 17.1 Å². The molecule has 30 heavy (non-hydrogen) atoms. The van der Waals surface area contributed by atoms with Gasteiger partial charge in [0.1, 0.15) is 11.6 Å². The Bertz CT molecular complexity index is 1170. The molecule has 0 spiro atoms. The lowest BCUT2D eigenvalue weighted by molar-refractivity contribution is -0.141. The van der Waals surface area contributed by atoms with Crippen molar-refractivity contribution in [3.63, 3.8) is 0 Å². The first-order valence-corrected chi connectivity index (χ1v) is 9.00. The van der Waals surface area contributed by atoms with Gasteiger partial charge in [-0.2, -0.15) is 13.2 Å². The molecule has 0 aliphatic heterocycles. The van der Waals surface area contributed by atoms with Gasteiger partial charge in [-0.25, -0.2) is 0 Å². The summed E-state index contributed by atoms with van der Waals surface area (Å²) in [5.74, 6) is 1.82. The van der Waals surface area contributed by atoms with Crippen LogP contribution in [0.5, 0.6) is 11.6 Å². The molecule has 0 saturated carbocycles. The molecule has 6 nitrogen and oxygen atoms in total. The van der Waals surface area contributed by atoms with Gasteiger partial charge in [-0.05, 0) is 49.7 Å². The molecule has 0 fully saturated rings. The number of nitrogens with zero attached hydrogens (tertiary/aromatic N) is 5. The van der Waals surface area contributed by atoms with Gasteiger partial charge in [0.25, 0.3) is 0 Å². The maximum absolute atomic E-state index is 12.6. The Balaban J connectivity index is 1.59. The van der Waals surface area contributed by atoms with Crippen LogP contribution in [0.15, 0.2) is 60.7 Å². The third-order valence-corrected chi connectivity index (χ3v) is 4.46. The average molecular weight is 411 g/mol. The second-order valence-corrected chi connectivity index (χ2v) is 6.57. The first kappa shape index (κ1) is 19.6. The third kappa shape index (κ3) is 3.86. The summed E-state index contributed by atoms with van der Waals surface area (Å²) in [6.45, 7) is 3.86. The number of aryl methyl sites for hydroxylation is 2. The van der Waals surface area contributed by atoms with E-state index in [0.717, 1.165) is 34.8 Å². The molecule has 0 aliphatic carbocycles. The Morgan fingerprint density at radius 3 is 2.17 bits per heavy atom. The minimum atomic E-state index is -4.54. The van der Waals surface area contributed by atoms with Crippen LogP contribution in [0.3, 0.4) is 0 Å². The van der Waals surface area contributed by atoms with Crippen molar-refractivity contribution in [3.8, 4) is 28.7 Å². The van der Waals surface area contributed by atoms with Crippen LogP contribution in [-0.4, -0.2) is 25.0 Å². The Morgan fingerprint density at radius 1 is 0.800 bits per heavy atom. The number of halogens is 3. The van der Waals surface area contributed by atoms with Crippen molar-refractivity contribution in [2.45, 2.75) is 20.0 Å². The van der Waals surface area contributed by atoms with E-state index in [1.165, 1.54) is 0 Å². The highest BCUT2D eigenvalue weighted by molar-refractivity contribution is 5.62. The summed E-state index contributed by atoms with van der Waals surface area (Å²) in [6.07, 6.45) is -4.54. The zero-order valence-corrected chi connectivity index (χ0v) is 16.1. The van der Waals surface area contributed by atoms with Gasteiger partial charge in [0.15, 0.2) is 11.5 Å². The molecule has 9 heteroatoms. The largest absolute Gasteiger partial charge is 0.438 e. The van der Waals surface area contributed by atoms with E-state index in [-0.39, 0.29) is 5.88 Å². The highest BCUT2D eigenvalue weighted by Crippen LogP contribution is 2.29. The normalized spacial score (nSPS) is 11.5. The Labute approximate surface area is 170 Å². The maximum Gasteiger partial charge on any atom is 0.435 e. The number of alkyl halides is 3. The number of ether oxygens (including phenoxy) is 1. The van der Waals surface area contributed by atoms with Crippen LogP contribution in [0.2, 0.25) is 0 Å². The Kier molecular flexibility index (Phi) is 4.94. The quantitative estimate of drug-likeness (QED) is 0.465. The summed E-state index contributed by atoms with van der Waals surface area (Å²) in [6, 6.07) is 16.8. The van der Waals surface area contributed by atoms with Gasteiger partial charge >= 0.3 is 6.18 Å². The summed E-state index contributed by atoms with van der Waals surface area (Å²) < 4.78 is 45.2. The van der Waals surface area contributed by atoms with E-state index in [2.05, 4.69) is 20.4 Å². The van der Waals surface area contributed by atoms with Crippen molar-refractivity contribution < 1.29 is 17.9 Å². The minimum Gasteiger partial charge on any atom is -0.438 e. The number of hydrogen-bond acceptors (Lipinski definition) is 5. The van der Waals surface area contributed by atoms with E-state index >= 15 is 0 Å². The fourth-order valence-electron chi connectivity index (χ4n) is 2.98. The predicted molar refractivity (Wildman–Crippen MR) is 103 cm³/mol. The summed E-state index contributed by atoms with van der Waals surface area (Å²) >= 11 is 0. The van der Waals surface area contributed by atoms with Crippen LogP contribution < -0.4 is 4.74 Å². The first-order chi connectivity index (χ1) is 14.3. The molecule has 0 amide bonds. The van der Waals surface area contributed by atoms with E-state index in [4.69, 9.17) is 4.74 Å². The second kappa shape index (κ2) is 7.58. The van der Waals surface area contributed by atoms with E-state index in [1.807, 2.05) is 54.8 Å². The van der Waals surface area contributed by atoms with Gasteiger partial charge in [0.05, 0.1) is 0 Å². The lowest BCUT2D eigenvalue weighted by atomic mass is 10.1. The van der Waals surface area contributed by atoms with Gasteiger partial charge in [0.2, 0.25) is 5.88 Å². The second-order valence-electron chi connectivity index (χ2n) is 6.57. The molecule has 152 valence electrons. The van der Waals surface area contributed by atoms with E-state index < -0.39 is 11.9 Å². The van der Waals surface area contributed by atoms with Crippen LogP contribution in [0.1, 0.15) is 17.1 Å². The number of benzene rings is 2. The van der Waals surface area contributed by atoms with E-state index in [0.29, 0.717) is 11.6 Å². The highest BCUT2D eigenvalue weighted by Gasteiger charge is 2.33. The van der Waals surface area contributed by atoms with Crippen molar-refractivity contribution in [1.29, 1.82) is 0 Å². The van der Waals surface area contributed by atoms with Gasteiger partial charge in [-0.15, -0.1) is 20.4 Å². The van der Waals surface area contributed by atoms with Gasteiger partial charge in [0, 0.05) is 17.3 Å². The summed E-state index contributed by atoms with van der Waals surface area (Å²) in [4.78, 5) is 0. The monoisotopic (exact) mass is 411 g/mol. The van der Waals surface area contributed by atoms with Gasteiger partial charge in [-0.1, -0.05) is 24.3 Å². The van der Waals surface area contributed by atoms with Crippen molar-refractivity contribution in [2.75, 3.05) is 0 Å². The summed E-state index contributed by atoms with van der Waals surface area (Å²) in [5, 5.41) is 15.1. The van der Waals surface area contributed by atoms with Crippen LogP contribution in [0, 0.1) is 13.8 Å². The Hall–Kier alpha value is -3.75. The zero-order valence-electron chi connectivity index (χ0n) is 16.1. The number of hydrogen-bond donors (Lipinski definition) is 0. The van der Waals surface area contributed by atoms with E-state index in [1.54, 1.807) is 12.1 Å². The van der Waals surface area contributed by atoms with Crippen LogP contribution in [-0.2, 0) is 6.18 Å². The smallest absolute Gasteiger partial charge is 0.435 e. The summed E-state index contributed by atoms with van der Waals surface area (Å²) in [7, 11) is 0. The number of rotatable bonds is 4. The van der Waals surface area contributed by atoms with Crippen molar-refractivity contribution >= 4 is 0 Å². The lowest BCUT2D eigenvalue weighted by Gasteiger charge is -2.11. The maximum atomic E-state index is 12.6. The van der Waals surface area contributed by atoms with E-state index in [9.17, 15) is 13.2 Å². The molecule has 2 aromatic carbocycles. The van der Waals surface area contributed by atoms with Crippen molar-refractivity contribution in [1.82, 2.24) is 25.0 Å². The van der Waals surface area contributed by atoms with Crippen molar-refractivity contribution in [2.24, 2.45) is 0 Å². The third-order valence-electron chi connectivity index (χ3n) is 4.46. The predicted octanol–water partition coefficient (Wildman–Crippen LogP) is 5.15. The topological polar surface area (TPSA) is 65.7 Å². The molecule has 4 aromatic rings. The highest BCUT2D eigenvalue weighted by atomic mass is 19.4. The fraction of sp³-hybridized carbons (Fsp3) is 0.143. The molecule has 2 aromatic heterocycles. The summed E-state index contributed by atoms with van der Waals surface area (Å²) in [5.41, 5.74) is 1.80.